The van der Waals surface area contributed by atoms with E-state index in [1.54, 1.807) is 32.1 Å². The van der Waals surface area contributed by atoms with Gasteiger partial charge in [-0.1, -0.05) is 63.1 Å². The highest BCUT2D eigenvalue weighted by atomic mass is 16.7. The van der Waals surface area contributed by atoms with Crippen LogP contribution in [0.4, 0.5) is 0 Å². The zero-order valence-corrected chi connectivity index (χ0v) is 30.1. The molecule has 2 aliphatic rings. The maximum absolute atomic E-state index is 12.9. The molecule has 0 amide bonds. The third-order valence-corrected chi connectivity index (χ3v) is 9.05. The predicted molar refractivity (Wildman–Crippen MR) is 185 cm³/mol. The summed E-state index contributed by atoms with van der Waals surface area (Å²) in [5.41, 5.74) is 0.273. The van der Waals surface area contributed by atoms with Crippen molar-refractivity contribution in [3.63, 3.8) is 0 Å². The monoisotopic (exact) mass is 702 g/mol. The minimum Gasteiger partial charge on any atom is -0.481 e. The molecule has 12 nitrogen and oxygen atoms in total. The largest absolute Gasteiger partial charge is 0.481 e. The maximum Gasteiger partial charge on any atom is 0.328 e. The number of unbranched alkanes of at least 4 members (excludes halogenated alkanes) is 1. The van der Waals surface area contributed by atoms with Crippen molar-refractivity contribution in [1.29, 1.82) is 0 Å². The molecule has 278 valence electrons. The molecule has 2 fully saturated rings. The van der Waals surface area contributed by atoms with Gasteiger partial charge in [0.15, 0.2) is 5.79 Å². The van der Waals surface area contributed by atoms with Gasteiger partial charge in [-0.2, -0.15) is 0 Å². The van der Waals surface area contributed by atoms with Crippen molar-refractivity contribution in [3.05, 3.63) is 59.8 Å². The van der Waals surface area contributed by atoms with Crippen LogP contribution in [0, 0.1) is 11.8 Å². The van der Waals surface area contributed by atoms with E-state index in [4.69, 9.17) is 29.2 Å². The van der Waals surface area contributed by atoms with Gasteiger partial charge in [-0.25, -0.2) is 9.59 Å². The summed E-state index contributed by atoms with van der Waals surface area (Å²) in [4.78, 5) is 58.0. The van der Waals surface area contributed by atoms with Crippen LogP contribution in [0.2, 0.25) is 0 Å². The van der Waals surface area contributed by atoms with E-state index in [1.807, 2.05) is 26.0 Å². The van der Waals surface area contributed by atoms with E-state index in [-0.39, 0.29) is 30.8 Å². The molecule has 7 atom stereocenters. The van der Waals surface area contributed by atoms with Crippen LogP contribution < -0.4 is 0 Å². The van der Waals surface area contributed by atoms with Gasteiger partial charge in [0.25, 0.3) is 0 Å². The number of hydrogen-bond acceptors (Lipinski definition) is 9. The average molecular weight is 703 g/mol. The smallest absolute Gasteiger partial charge is 0.328 e. The zero-order valence-electron chi connectivity index (χ0n) is 30.1. The van der Waals surface area contributed by atoms with Crippen LogP contribution in [0.25, 0.3) is 0 Å². The first kappa shape index (κ1) is 42.1. The summed E-state index contributed by atoms with van der Waals surface area (Å²) in [5.74, 6) is -5.54. The molecule has 0 aromatic carbocycles. The number of aliphatic carboxylic acids is 3. The quantitative estimate of drug-likeness (QED) is 0.0782. The van der Waals surface area contributed by atoms with Crippen molar-refractivity contribution in [1.82, 2.24) is 0 Å². The van der Waals surface area contributed by atoms with E-state index in [9.17, 15) is 29.1 Å². The molecule has 50 heavy (non-hydrogen) atoms. The Hall–Kier alpha value is -4.03. The van der Waals surface area contributed by atoms with Crippen LogP contribution in [0.1, 0.15) is 106 Å². The van der Waals surface area contributed by atoms with E-state index in [2.05, 4.69) is 6.92 Å². The highest BCUT2D eigenvalue weighted by Gasteiger charge is 2.54. The molecule has 0 aromatic heterocycles. The van der Waals surface area contributed by atoms with Crippen molar-refractivity contribution in [3.8, 4) is 0 Å². The van der Waals surface area contributed by atoms with Gasteiger partial charge in [-0.05, 0) is 63.5 Å². The molecule has 12 heteroatoms. The first-order chi connectivity index (χ1) is 23.5. The summed E-state index contributed by atoms with van der Waals surface area (Å²) in [7, 11) is 0. The van der Waals surface area contributed by atoms with Gasteiger partial charge in [0.05, 0.1) is 18.9 Å². The van der Waals surface area contributed by atoms with Gasteiger partial charge in [0.2, 0.25) is 0 Å². The first-order valence-corrected chi connectivity index (χ1v) is 17.3. The van der Waals surface area contributed by atoms with E-state index >= 15 is 0 Å². The minimum atomic E-state index is -1.10. The van der Waals surface area contributed by atoms with Crippen molar-refractivity contribution < 1.29 is 58.2 Å². The van der Waals surface area contributed by atoms with Crippen LogP contribution in [0.15, 0.2) is 59.8 Å². The molecule has 3 N–H and O–H groups in total. The summed E-state index contributed by atoms with van der Waals surface area (Å²) in [6.45, 7) is 10.7. The fourth-order valence-electron chi connectivity index (χ4n) is 6.14. The van der Waals surface area contributed by atoms with Crippen LogP contribution in [-0.2, 0) is 42.9 Å². The molecule has 0 aromatic rings. The SMILES string of the molecule is CCCC[C@@]1(OC(=O)CCC(=O)O)CC[C@]2(CCC(C)[C@@H](C/C=C(C)/C=C/C(OC(C)=O)C(C)/C=C/C(=O)O)O2)O[C@H]1/C=C/C(C)=C/C(=O)O. The molecular formula is C38H54O12. The number of carboxylic acid groups (broad SMARTS) is 3. The number of esters is 2. The second-order valence-corrected chi connectivity index (χ2v) is 13.4. The maximum atomic E-state index is 12.9. The van der Waals surface area contributed by atoms with Gasteiger partial charge in [-0.15, -0.1) is 0 Å². The van der Waals surface area contributed by atoms with Crippen LogP contribution >= 0.6 is 0 Å². The van der Waals surface area contributed by atoms with Gasteiger partial charge < -0.3 is 34.3 Å². The Morgan fingerprint density at radius 1 is 0.900 bits per heavy atom. The number of carbonyl (C=O) groups excluding carboxylic acids is 2. The average Bonchev–Trinajstić information content (AvgIpc) is 3.04. The molecule has 1 spiro atoms. The lowest BCUT2D eigenvalue weighted by Crippen LogP contribution is -2.59. The summed E-state index contributed by atoms with van der Waals surface area (Å²) < 4.78 is 25.0. The summed E-state index contributed by atoms with van der Waals surface area (Å²) in [6.07, 6.45) is 15.0. The Labute approximate surface area is 294 Å². The highest BCUT2D eigenvalue weighted by molar-refractivity contribution is 5.81. The molecule has 3 unspecified atom stereocenters. The van der Waals surface area contributed by atoms with E-state index in [0.717, 1.165) is 37.0 Å². The summed E-state index contributed by atoms with van der Waals surface area (Å²) in [6, 6.07) is 0. The minimum absolute atomic E-state index is 0.197. The molecule has 0 radical (unpaired) electrons. The van der Waals surface area contributed by atoms with Crippen molar-refractivity contribution in [2.24, 2.45) is 11.8 Å². The predicted octanol–water partition coefficient (Wildman–Crippen LogP) is 6.70. The fourth-order valence-corrected chi connectivity index (χ4v) is 6.14. The number of allylic oxidation sites excluding steroid dienone is 4. The molecular weight excluding hydrogens is 648 g/mol. The van der Waals surface area contributed by atoms with Gasteiger partial charge in [-0.3, -0.25) is 14.4 Å². The standard InChI is InChI=1S/C38H54O12/c1-7-8-20-37(50-36(46)18-17-34(42)43)22-23-38(49-32(37)15-11-26(3)24-35(44)45)21-19-28(5)31(48-38)14-10-25(2)9-13-30(47-29(6)39)27(4)12-16-33(40)41/h9-13,15-16,24,27-28,30-32H,7-8,14,17-23H2,1-6H3,(H,40,41)(H,42,43)(H,44,45)/b13-9+,15-11+,16-12+,25-10+,26-24+/t27?,28?,30?,31-,32+,37-,38+/m1/s1. The lowest BCUT2D eigenvalue weighted by Gasteiger charge is -2.53. The van der Waals surface area contributed by atoms with E-state index in [1.165, 1.54) is 13.0 Å². The van der Waals surface area contributed by atoms with Gasteiger partial charge in [0.1, 0.15) is 17.8 Å². The summed E-state index contributed by atoms with van der Waals surface area (Å²) in [5, 5.41) is 27.3. The molecule has 0 bridgehead atoms. The molecule has 0 saturated carbocycles. The Morgan fingerprint density at radius 3 is 2.24 bits per heavy atom. The van der Waals surface area contributed by atoms with Crippen LogP contribution in [0.5, 0.6) is 0 Å². The Morgan fingerprint density at radius 2 is 1.62 bits per heavy atom. The van der Waals surface area contributed by atoms with E-state index < -0.39 is 53.4 Å². The summed E-state index contributed by atoms with van der Waals surface area (Å²) >= 11 is 0. The number of carbonyl (C=O) groups is 5. The van der Waals surface area contributed by atoms with E-state index in [0.29, 0.717) is 37.7 Å². The fraction of sp³-hybridized carbons (Fsp3) is 0.605. The van der Waals surface area contributed by atoms with Gasteiger partial charge >= 0.3 is 29.8 Å². The molecule has 2 rings (SSSR count). The Balaban J connectivity index is 2.34. The van der Waals surface area contributed by atoms with Gasteiger partial charge in [0, 0.05) is 37.8 Å². The lowest BCUT2D eigenvalue weighted by atomic mass is 9.78. The number of ether oxygens (including phenoxy) is 4. The van der Waals surface area contributed by atoms with Crippen molar-refractivity contribution >= 4 is 29.8 Å². The molecule has 2 saturated heterocycles. The third-order valence-electron chi connectivity index (χ3n) is 9.05. The highest BCUT2D eigenvalue weighted by Crippen LogP contribution is 2.48. The Kier molecular flexibility index (Phi) is 16.8. The second-order valence-electron chi connectivity index (χ2n) is 13.4. The Bertz CT molecular complexity index is 1360. The number of carboxylic acids is 3. The number of rotatable bonds is 18. The lowest BCUT2D eigenvalue weighted by molar-refractivity contribution is -0.344. The van der Waals surface area contributed by atoms with Crippen LogP contribution in [-0.4, -0.2) is 74.9 Å². The topological polar surface area (TPSA) is 183 Å². The zero-order chi connectivity index (χ0) is 37.5. The number of hydrogen-bond donors (Lipinski definition) is 3. The molecule has 2 heterocycles. The van der Waals surface area contributed by atoms with Crippen molar-refractivity contribution in [2.45, 2.75) is 135 Å². The second kappa shape index (κ2) is 20.0. The van der Waals surface area contributed by atoms with Crippen LogP contribution in [0.3, 0.4) is 0 Å². The normalized spacial score (nSPS) is 27.4. The van der Waals surface area contributed by atoms with Crippen molar-refractivity contribution in [2.75, 3.05) is 0 Å². The first-order valence-electron chi connectivity index (χ1n) is 17.3. The molecule has 2 aliphatic heterocycles. The third kappa shape index (κ3) is 14.1. The molecule has 0 aliphatic carbocycles.